The highest BCUT2D eigenvalue weighted by molar-refractivity contribution is 6.23. The maximum atomic E-state index is 14.5. The fourth-order valence-corrected chi connectivity index (χ4v) is 8.18. The standard InChI is InChI=1S/C44H60N4O12/c1-11-47-16-18-48(19-17-47)45-21-29-34-39(54)32-31(38(29)53)33-41(27(7)37(32)52)60-44(9,42(33)55)58-20-15-30(57-10)24(4)40(59-28(8)49)26(6)36(51)25(5)35(50)22(2)13-12-14-23(3)43(56)46-34/h12-15,20-22,24-26,30,35-36,40,50-54H,11,16-19H2,1-10H3,(H,46,56)/b13-12+,20-15+,23-14+,45-21+/t22-,24+,25-,26+,30+,35-,36+,40+,44+/m1/s1. The molecule has 0 aromatic heterocycles. The van der Waals surface area contributed by atoms with Gasteiger partial charge in [0, 0.05) is 87.3 Å². The highest BCUT2D eigenvalue weighted by atomic mass is 16.7. The molecule has 6 N–H and O–H groups in total. The molecule has 16 heteroatoms. The lowest BCUT2D eigenvalue weighted by Crippen LogP contribution is -2.46. The van der Waals surface area contributed by atoms with Gasteiger partial charge in [-0.05, 0) is 26.5 Å². The first-order chi connectivity index (χ1) is 28.3. The van der Waals surface area contributed by atoms with Crippen LogP contribution in [0.3, 0.4) is 0 Å². The third-order valence-electron chi connectivity index (χ3n) is 12.2. The number of Topliss-reactive ketones (excluding diaryl/α,β-unsaturated/α-hetero) is 1. The van der Waals surface area contributed by atoms with Crippen LogP contribution in [0.4, 0.5) is 5.69 Å². The van der Waals surface area contributed by atoms with Gasteiger partial charge < -0.3 is 49.8 Å². The Labute approximate surface area is 350 Å². The Balaban J connectivity index is 1.70. The topological polar surface area (TPSA) is 220 Å². The number of likely N-dealkylation sites (N-methyl/N-ethyl adjacent to an activating group) is 1. The number of benzene rings is 2. The zero-order chi connectivity index (χ0) is 44.4. The van der Waals surface area contributed by atoms with Crippen LogP contribution >= 0.6 is 0 Å². The lowest BCUT2D eigenvalue weighted by molar-refractivity contribution is -0.160. The van der Waals surface area contributed by atoms with Crippen molar-refractivity contribution < 1.29 is 58.9 Å². The number of aliphatic hydroxyl groups excluding tert-OH is 2. The van der Waals surface area contributed by atoms with Crippen molar-refractivity contribution in [3.8, 4) is 23.0 Å². The Morgan fingerprint density at radius 2 is 1.63 bits per heavy atom. The van der Waals surface area contributed by atoms with Crippen molar-refractivity contribution in [3.63, 3.8) is 0 Å². The molecule has 1 saturated heterocycles. The first-order valence-corrected chi connectivity index (χ1v) is 20.4. The molecular weight excluding hydrogens is 776 g/mol. The van der Waals surface area contributed by atoms with Gasteiger partial charge in [0.05, 0.1) is 53.0 Å². The smallest absolute Gasteiger partial charge is 0.312 e. The molecule has 16 nitrogen and oxygen atoms in total. The number of anilines is 1. The van der Waals surface area contributed by atoms with Gasteiger partial charge in [0.2, 0.25) is 0 Å². The van der Waals surface area contributed by atoms with E-state index in [1.54, 1.807) is 44.9 Å². The number of nitrogens with one attached hydrogen (secondary N) is 1. The number of rotatable bonds is 5. The molecular formula is C44H60N4O12. The molecule has 0 radical (unpaired) electrons. The molecule has 328 valence electrons. The summed E-state index contributed by atoms with van der Waals surface area (Å²) >= 11 is 0. The maximum Gasteiger partial charge on any atom is 0.312 e. The number of nitrogens with zero attached hydrogens (tertiary/aromatic N) is 3. The van der Waals surface area contributed by atoms with Crippen LogP contribution in [0.2, 0.25) is 0 Å². The first-order valence-electron chi connectivity index (χ1n) is 20.4. The van der Waals surface area contributed by atoms with Crippen LogP contribution in [0.15, 0.2) is 41.2 Å². The number of phenolic OH excluding ortho intramolecular Hbond substituents is 3. The zero-order valence-electron chi connectivity index (χ0n) is 36.1. The first kappa shape index (κ1) is 45.9. The average Bonchev–Trinajstić information content (AvgIpc) is 3.49. The lowest BCUT2D eigenvalue weighted by atomic mass is 9.78. The van der Waals surface area contributed by atoms with Crippen LogP contribution < -0.4 is 10.1 Å². The second-order valence-electron chi connectivity index (χ2n) is 16.3. The number of aromatic hydroxyl groups is 3. The predicted octanol–water partition coefficient (Wildman–Crippen LogP) is 4.73. The van der Waals surface area contributed by atoms with E-state index in [0.29, 0.717) is 13.1 Å². The molecule has 5 bridgehead atoms. The number of esters is 1. The third kappa shape index (κ3) is 8.97. The van der Waals surface area contributed by atoms with Crippen LogP contribution in [0.5, 0.6) is 23.0 Å². The van der Waals surface area contributed by atoms with E-state index in [-0.39, 0.29) is 44.5 Å². The van der Waals surface area contributed by atoms with E-state index in [1.807, 2.05) is 0 Å². The highest BCUT2D eigenvalue weighted by Crippen LogP contribution is 2.55. The van der Waals surface area contributed by atoms with Gasteiger partial charge in [0.1, 0.15) is 23.4 Å². The number of amides is 1. The summed E-state index contributed by atoms with van der Waals surface area (Å²) in [6.45, 7) is 18.1. The number of ketones is 1. The van der Waals surface area contributed by atoms with Gasteiger partial charge in [0.15, 0.2) is 5.75 Å². The van der Waals surface area contributed by atoms with Crippen molar-refractivity contribution >= 4 is 40.3 Å². The van der Waals surface area contributed by atoms with E-state index in [1.165, 1.54) is 59.4 Å². The fraction of sp³-hybridized carbons (Fsp3) is 0.545. The number of ether oxygens (including phenoxy) is 4. The molecule has 0 aliphatic carbocycles. The summed E-state index contributed by atoms with van der Waals surface area (Å²) in [7, 11) is 1.44. The Morgan fingerprint density at radius 1 is 0.967 bits per heavy atom. The predicted molar refractivity (Wildman–Crippen MR) is 225 cm³/mol. The monoisotopic (exact) mass is 836 g/mol. The number of carbonyl (C=O) groups is 3. The molecule has 9 atom stereocenters. The van der Waals surface area contributed by atoms with E-state index in [2.05, 4.69) is 22.2 Å². The van der Waals surface area contributed by atoms with Crippen LogP contribution in [0.25, 0.3) is 10.8 Å². The molecule has 0 spiro atoms. The number of carbonyl (C=O) groups excluding carboxylic acids is 3. The Hall–Kier alpha value is -5.16. The van der Waals surface area contributed by atoms with Crippen LogP contribution in [-0.4, -0.2) is 129 Å². The minimum Gasteiger partial charge on any atom is -0.507 e. The van der Waals surface area contributed by atoms with E-state index in [0.717, 1.165) is 19.6 Å². The van der Waals surface area contributed by atoms with Gasteiger partial charge in [-0.3, -0.25) is 24.3 Å². The van der Waals surface area contributed by atoms with Crippen LogP contribution in [-0.2, 0) is 23.8 Å². The van der Waals surface area contributed by atoms with Crippen molar-refractivity contribution in [1.29, 1.82) is 0 Å². The summed E-state index contributed by atoms with van der Waals surface area (Å²) in [5, 5.41) is 67.0. The number of piperazine rings is 1. The maximum absolute atomic E-state index is 14.5. The van der Waals surface area contributed by atoms with Crippen molar-refractivity contribution in [1.82, 2.24) is 9.91 Å². The van der Waals surface area contributed by atoms with Gasteiger partial charge in [-0.2, -0.15) is 5.10 Å². The Morgan fingerprint density at radius 3 is 2.25 bits per heavy atom. The SMILES string of the molecule is CCN1CCN(/N=C/c2c3c(O)c4c(O)c(C)c5c(c4c2O)C(=O)[C@@](C)(O/C=C/[C@H](OC)[C@H](C)[C@H](OC(C)=O)[C@@H](C)[C@@H](O)[C@H](C)[C@H](O)[C@H](C)/C=C/C=C(\C)C(=O)N3)O5)CC1. The Bertz CT molecular complexity index is 2090. The van der Waals surface area contributed by atoms with Crippen molar-refractivity contribution in [2.24, 2.45) is 28.8 Å². The number of hydrazone groups is 1. The molecule has 6 rings (SSSR count). The summed E-state index contributed by atoms with van der Waals surface area (Å²) in [4.78, 5) is 42.8. The van der Waals surface area contributed by atoms with Gasteiger partial charge in [-0.15, -0.1) is 0 Å². The number of fused-ring (bicyclic) bond motifs is 14. The summed E-state index contributed by atoms with van der Waals surface area (Å²) in [6.07, 6.45) is 4.88. The lowest BCUT2D eigenvalue weighted by Gasteiger charge is -2.38. The fourth-order valence-electron chi connectivity index (χ4n) is 8.18. The third-order valence-corrected chi connectivity index (χ3v) is 12.2. The number of phenols is 3. The molecule has 4 aliphatic heterocycles. The summed E-state index contributed by atoms with van der Waals surface area (Å²) in [6, 6.07) is 0. The molecule has 4 aliphatic rings. The second-order valence-corrected chi connectivity index (χ2v) is 16.3. The number of hydrogen-bond acceptors (Lipinski definition) is 15. The van der Waals surface area contributed by atoms with Gasteiger partial charge in [-0.25, -0.2) is 0 Å². The number of allylic oxidation sites excluding steroid dienone is 2. The van der Waals surface area contributed by atoms with Crippen molar-refractivity contribution in [2.45, 2.75) is 92.5 Å². The molecule has 0 unspecified atom stereocenters. The van der Waals surface area contributed by atoms with E-state index >= 15 is 0 Å². The number of hydrogen-bond donors (Lipinski definition) is 6. The summed E-state index contributed by atoms with van der Waals surface area (Å²) < 4.78 is 23.6. The molecule has 1 fully saturated rings. The Kier molecular flexibility index (Phi) is 14.3. The van der Waals surface area contributed by atoms with Gasteiger partial charge in [-0.1, -0.05) is 52.8 Å². The molecule has 60 heavy (non-hydrogen) atoms. The zero-order valence-corrected chi connectivity index (χ0v) is 36.1. The van der Waals surface area contributed by atoms with Gasteiger partial charge in [0.25, 0.3) is 11.7 Å². The van der Waals surface area contributed by atoms with E-state index in [9.17, 15) is 39.9 Å². The molecule has 4 heterocycles. The van der Waals surface area contributed by atoms with Crippen molar-refractivity contribution in [2.75, 3.05) is 45.2 Å². The highest BCUT2D eigenvalue weighted by Gasteiger charge is 2.50. The molecule has 2 aromatic carbocycles. The normalized spacial score (nSPS) is 31.7. The van der Waals surface area contributed by atoms with E-state index < -0.39 is 88.8 Å². The average molecular weight is 837 g/mol. The summed E-state index contributed by atoms with van der Waals surface area (Å²) in [5.74, 6) is -8.33. The quantitative estimate of drug-likeness (QED) is 0.104. The minimum absolute atomic E-state index is 0.0572. The summed E-state index contributed by atoms with van der Waals surface area (Å²) in [5.41, 5.74) is -0.339. The van der Waals surface area contributed by atoms with Crippen LogP contribution in [0.1, 0.15) is 76.9 Å². The molecule has 0 saturated carbocycles. The largest absolute Gasteiger partial charge is 0.507 e. The minimum atomic E-state index is -2.04. The number of aliphatic hydroxyl groups is 2. The van der Waals surface area contributed by atoms with E-state index in [4.69, 9.17) is 18.9 Å². The number of methoxy groups -OCH3 is 1. The van der Waals surface area contributed by atoms with Crippen molar-refractivity contribution in [3.05, 3.63) is 52.8 Å². The molecule has 2 aromatic rings. The molecule has 1 amide bonds. The second kappa shape index (κ2) is 18.6. The van der Waals surface area contributed by atoms with Gasteiger partial charge >= 0.3 is 11.8 Å². The van der Waals surface area contributed by atoms with Crippen LogP contribution in [0, 0.1) is 30.6 Å².